The van der Waals surface area contributed by atoms with Gasteiger partial charge in [-0.3, -0.25) is 4.79 Å². The summed E-state index contributed by atoms with van der Waals surface area (Å²) < 4.78 is 9.53. The number of rotatable bonds is 5. The van der Waals surface area contributed by atoms with Crippen LogP contribution in [0.1, 0.15) is 5.56 Å². The van der Waals surface area contributed by atoms with Crippen LogP contribution in [0, 0.1) is 0 Å². The summed E-state index contributed by atoms with van der Waals surface area (Å²) >= 11 is 6.02. The number of ether oxygens (including phenoxy) is 2. The van der Waals surface area contributed by atoms with Crippen molar-refractivity contribution in [3.63, 3.8) is 0 Å². The van der Waals surface area contributed by atoms with Crippen LogP contribution in [0.5, 0.6) is 5.75 Å². The Hall–Kier alpha value is -1.26. The van der Waals surface area contributed by atoms with E-state index in [0.717, 1.165) is 5.56 Å². The lowest BCUT2D eigenvalue weighted by Gasteiger charge is -2.07. The molecule has 4 nitrogen and oxygen atoms in total. The monoisotopic (exact) mass is 243 g/mol. The first-order chi connectivity index (χ1) is 7.67. The molecule has 0 bridgehead atoms. The minimum atomic E-state index is -0.301. The van der Waals surface area contributed by atoms with Crippen molar-refractivity contribution in [3.8, 4) is 5.75 Å². The van der Waals surface area contributed by atoms with Crippen molar-refractivity contribution in [2.24, 2.45) is 0 Å². The van der Waals surface area contributed by atoms with E-state index in [-0.39, 0.29) is 12.5 Å². The molecule has 0 atom stereocenters. The quantitative estimate of drug-likeness (QED) is 0.799. The third-order valence-electron chi connectivity index (χ3n) is 2.07. The highest BCUT2D eigenvalue weighted by molar-refractivity contribution is 6.31. The van der Waals surface area contributed by atoms with Gasteiger partial charge in [-0.1, -0.05) is 17.7 Å². The molecule has 0 aliphatic rings. The first-order valence-corrected chi connectivity index (χ1v) is 5.15. The van der Waals surface area contributed by atoms with Crippen LogP contribution >= 0.6 is 11.6 Å². The summed E-state index contributed by atoms with van der Waals surface area (Å²) in [5.41, 5.74) is 0.909. The summed E-state index contributed by atoms with van der Waals surface area (Å²) in [6.45, 7) is 0.677. The number of carbonyl (C=O) groups excluding carboxylic acids is 1. The zero-order valence-corrected chi connectivity index (χ0v) is 10.0. The lowest BCUT2D eigenvalue weighted by Crippen LogP contribution is -2.23. The van der Waals surface area contributed by atoms with Gasteiger partial charge in [0.25, 0.3) is 0 Å². The average molecular weight is 244 g/mol. The normalized spacial score (nSPS) is 9.94. The van der Waals surface area contributed by atoms with Gasteiger partial charge in [-0.15, -0.1) is 0 Å². The number of carbonyl (C=O) groups is 1. The molecule has 1 rings (SSSR count). The third kappa shape index (κ3) is 3.72. The Labute approximate surface area is 99.5 Å². The summed E-state index contributed by atoms with van der Waals surface area (Å²) in [5.74, 6) is 0.409. The molecule has 0 spiro atoms. The molecule has 0 aromatic heterocycles. The van der Waals surface area contributed by atoms with E-state index in [2.05, 4.69) is 10.1 Å². The van der Waals surface area contributed by atoms with E-state index >= 15 is 0 Å². The van der Waals surface area contributed by atoms with E-state index < -0.39 is 0 Å². The van der Waals surface area contributed by atoms with E-state index in [4.69, 9.17) is 16.3 Å². The number of hydrogen-bond donors (Lipinski definition) is 1. The molecule has 88 valence electrons. The number of benzene rings is 1. The van der Waals surface area contributed by atoms with Gasteiger partial charge in [0, 0.05) is 11.6 Å². The molecule has 0 saturated carbocycles. The zero-order valence-electron chi connectivity index (χ0n) is 9.25. The Morgan fingerprint density at radius 1 is 1.44 bits per heavy atom. The van der Waals surface area contributed by atoms with Gasteiger partial charge >= 0.3 is 5.97 Å². The Balaban J connectivity index is 2.51. The van der Waals surface area contributed by atoms with Gasteiger partial charge in [0.05, 0.1) is 20.8 Å². The van der Waals surface area contributed by atoms with Crippen molar-refractivity contribution in [2.75, 3.05) is 20.8 Å². The molecule has 0 heterocycles. The van der Waals surface area contributed by atoms with Gasteiger partial charge in [-0.25, -0.2) is 0 Å². The molecule has 0 radical (unpaired) electrons. The molecular weight excluding hydrogens is 230 g/mol. The number of esters is 1. The van der Waals surface area contributed by atoms with Crippen LogP contribution in [-0.4, -0.2) is 26.7 Å². The summed E-state index contributed by atoms with van der Waals surface area (Å²) in [4.78, 5) is 10.8. The van der Waals surface area contributed by atoms with Gasteiger partial charge < -0.3 is 14.8 Å². The van der Waals surface area contributed by atoms with Crippen LogP contribution in [0.25, 0.3) is 0 Å². The number of methoxy groups -OCH3 is 2. The second-order valence-electron chi connectivity index (χ2n) is 3.14. The van der Waals surface area contributed by atoms with Gasteiger partial charge in [0.2, 0.25) is 0 Å². The van der Waals surface area contributed by atoms with E-state index in [9.17, 15) is 4.79 Å². The fourth-order valence-corrected chi connectivity index (χ4v) is 1.41. The minimum absolute atomic E-state index is 0.166. The topological polar surface area (TPSA) is 47.6 Å². The van der Waals surface area contributed by atoms with Crippen molar-refractivity contribution >= 4 is 17.6 Å². The highest BCUT2D eigenvalue weighted by Gasteiger charge is 2.03. The summed E-state index contributed by atoms with van der Waals surface area (Å²) in [6, 6.07) is 5.41. The predicted octanol–water partition coefficient (Wildman–Crippen LogP) is 1.61. The molecule has 5 heteroatoms. The molecule has 0 saturated heterocycles. The molecular formula is C11H14ClNO3. The van der Waals surface area contributed by atoms with Gasteiger partial charge in [0.1, 0.15) is 5.75 Å². The maximum Gasteiger partial charge on any atom is 0.319 e. The van der Waals surface area contributed by atoms with Crippen molar-refractivity contribution in [3.05, 3.63) is 28.8 Å². The van der Waals surface area contributed by atoms with Gasteiger partial charge in [-0.2, -0.15) is 0 Å². The fourth-order valence-electron chi connectivity index (χ4n) is 1.17. The SMILES string of the molecule is COC(=O)CNCc1ccc(OC)cc1Cl. The largest absolute Gasteiger partial charge is 0.497 e. The summed E-state index contributed by atoms with van der Waals surface area (Å²) in [7, 11) is 2.94. The molecule has 1 aromatic rings. The summed E-state index contributed by atoms with van der Waals surface area (Å²) in [5, 5.41) is 3.54. The molecule has 16 heavy (non-hydrogen) atoms. The Morgan fingerprint density at radius 3 is 2.75 bits per heavy atom. The van der Waals surface area contributed by atoms with Crippen LogP contribution in [0.15, 0.2) is 18.2 Å². The molecule has 0 amide bonds. The lowest BCUT2D eigenvalue weighted by atomic mass is 10.2. The Kier molecular flexibility index (Phi) is 5.08. The van der Waals surface area contributed by atoms with Crippen LogP contribution in [0.2, 0.25) is 5.02 Å². The smallest absolute Gasteiger partial charge is 0.319 e. The van der Waals surface area contributed by atoms with Crippen LogP contribution in [0.3, 0.4) is 0 Å². The third-order valence-corrected chi connectivity index (χ3v) is 2.42. The van der Waals surface area contributed by atoms with E-state index in [0.29, 0.717) is 17.3 Å². The molecule has 0 unspecified atom stereocenters. The van der Waals surface area contributed by atoms with E-state index in [1.54, 1.807) is 13.2 Å². The number of hydrogen-bond acceptors (Lipinski definition) is 4. The minimum Gasteiger partial charge on any atom is -0.497 e. The van der Waals surface area contributed by atoms with Crippen LogP contribution in [-0.2, 0) is 16.1 Å². The van der Waals surface area contributed by atoms with Crippen molar-refractivity contribution in [1.82, 2.24) is 5.32 Å². The lowest BCUT2D eigenvalue weighted by molar-refractivity contribution is -0.139. The standard InChI is InChI=1S/C11H14ClNO3/c1-15-9-4-3-8(10(12)5-9)6-13-7-11(14)16-2/h3-5,13H,6-7H2,1-2H3. The summed E-state index contributed by atoms with van der Waals surface area (Å²) in [6.07, 6.45) is 0. The highest BCUT2D eigenvalue weighted by atomic mass is 35.5. The Bertz CT molecular complexity index is 368. The molecule has 0 aliphatic carbocycles. The van der Waals surface area contributed by atoms with Gasteiger partial charge in [-0.05, 0) is 17.7 Å². The number of halogens is 1. The Morgan fingerprint density at radius 2 is 2.19 bits per heavy atom. The zero-order chi connectivity index (χ0) is 12.0. The molecule has 1 N–H and O–H groups in total. The van der Waals surface area contributed by atoms with Crippen molar-refractivity contribution < 1.29 is 14.3 Å². The maximum absolute atomic E-state index is 10.8. The molecule has 0 aliphatic heterocycles. The van der Waals surface area contributed by atoms with Crippen molar-refractivity contribution in [1.29, 1.82) is 0 Å². The first-order valence-electron chi connectivity index (χ1n) is 4.77. The van der Waals surface area contributed by atoms with Crippen LogP contribution < -0.4 is 10.1 Å². The molecule has 1 aromatic carbocycles. The van der Waals surface area contributed by atoms with Gasteiger partial charge in [0.15, 0.2) is 0 Å². The van der Waals surface area contributed by atoms with E-state index in [1.807, 2.05) is 12.1 Å². The van der Waals surface area contributed by atoms with Crippen molar-refractivity contribution in [2.45, 2.75) is 6.54 Å². The maximum atomic E-state index is 10.8. The second-order valence-corrected chi connectivity index (χ2v) is 3.54. The highest BCUT2D eigenvalue weighted by Crippen LogP contribution is 2.21. The number of nitrogens with one attached hydrogen (secondary N) is 1. The molecule has 0 fully saturated rings. The second kappa shape index (κ2) is 6.35. The van der Waals surface area contributed by atoms with Crippen LogP contribution in [0.4, 0.5) is 0 Å². The van der Waals surface area contributed by atoms with E-state index in [1.165, 1.54) is 7.11 Å². The first kappa shape index (κ1) is 12.8. The average Bonchev–Trinajstić information content (AvgIpc) is 2.30. The fraction of sp³-hybridized carbons (Fsp3) is 0.364. The predicted molar refractivity (Wildman–Crippen MR) is 61.7 cm³/mol.